The van der Waals surface area contributed by atoms with Crippen molar-refractivity contribution in [2.45, 2.75) is 11.8 Å². The van der Waals surface area contributed by atoms with Crippen LogP contribution >= 0.6 is 12.6 Å². The van der Waals surface area contributed by atoms with Crippen molar-refractivity contribution in [3.8, 4) is 11.8 Å². The minimum Gasteiger partial charge on any atom is -0.492 e. The summed E-state index contributed by atoms with van der Waals surface area (Å²) in [6.07, 6.45) is 0. The number of rotatable bonds is 2. The largest absolute Gasteiger partial charge is 0.492 e. The van der Waals surface area contributed by atoms with E-state index in [0.29, 0.717) is 17.9 Å². The Hall–Kier alpha value is -1.14. The quantitative estimate of drug-likeness (QED) is 0.706. The van der Waals surface area contributed by atoms with Gasteiger partial charge in [-0.2, -0.15) is 5.26 Å². The molecule has 2 nitrogen and oxygen atoms in total. The van der Waals surface area contributed by atoms with Gasteiger partial charge in [0.2, 0.25) is 0 Å². The van der Waals surface area contributed by atoms with Crippen LogP contribution < -0.4 is 4.74 Å². The van der Waals surface area contributed by atoms with Crippen molar-refractivity contribution in [2.75, 3.05) is 6.61 Å². The highest BCUT2D eigenvalue weighted by Gasteiger charge is 2.01. The molecule has 12 heavy (non-hydrogen) atoms. The fraction of sp³-hybridized carbons (Fsp3) is 0.222. The molecule has 0 unspecified atom stereocenters. The number of hydrogen-bond donors (Lipinski definition) is 1. The molecule has 0 atom stereocenters. The van der Waals surface area contributed by atoms with E-state index in [-0.39, 0.29) is 0 Å². The lowest BCUT2D eigenvalue weighted by Gasteiger charge is -2.04. The Bertz CT molecular complexity index is 317. The molecule has 0 aliphatic carbocycles. The first kappa shape index (κ1) is 8.95. The fourth-order valence-corrected chi connectivity index (χ4v) is 1.09. The van der Waals surface area contributed by atoms with Crippen LogP contribution in [0.25, 0.3) is 0 Å². The molecule has 0 amide bonds. The van der Waals surface area contributed by atoms with Crippen molar-refractivity contribution < 1.29 is 4.74 Å². The van der Waals surface area contributed by atoms with Crippen LogP contribution in [-0.4, -0.2) is 6.61 Å². The summed E-state index contributed by atoms with van der Waals surface area (Å²) >= 11 is 4.12. The Morgan fingerprint density at radius 1 is 1.58 bits per heavy atom. The number of nitriles is 1. The van der Waals surface area contributed by atoms with Gasteiger partial charge in [-0.15, -0.1) is 12.6 Å². The van der Waals surface area contributed by atoms with Crippen LogP contribution in [0.2, 0.25) is 0 Å². The highest BCUT2D eigenvalue weighted by atomic mass is 32.1. The minimum absolute atomic E-state index is 0.532. The molecule has 1 rings (SSSR count). The summed E-state index contributed by atoms with van der Waals surface area (Å²) in [6, 6.07) is 7.29. The Kier molecular flexibility index (Phi) is 3.01. The molecule has 0 saturated carbocycles. The molecule has 1 aromatic carbocycles. The molecular formula is C9H9NOS. The average molecular weight is 179 g/mol. The number of hydrogen-bond acceptors (Lipinski definition) is 3. The number of benzene rings is 1. The van der Waals surface area contributed by atoms with E-state index in [9.17, 15) is 0 Å². The zero-order chi connectivity index (χ0) is 8.97. The van der Waals surface area contributed by atoms with Gasteiger partial charge in [-0.25, -0.2) is 0 Å². The third-order valence-electron chi connectivity index (χ3n) is 1.38. The van der Waals surface area contributed by atoms with Crippen molar-refractivity contribution in [3.05, 3.63) is 23.8 Å². The molecule has 0 N–H and O–H groups in total. The molecule has 0 aliphatic heterocycles. The SMILES string of the molecule is CCOc1ccc(S)cc1C#N. The summed E-state index contributed by atoms with van der Waals surface area (Å²) in [5.41, 5.74) is 0.532. The number of thiol groups is 1. The molecule has 3 heteroatoms. The third kappa shape index (κ3) is 1.93. The van der Waals surface area contributed by atoms with Gasteiger partial charge >= 0.3 is 0 Å². The smallest absolute Gasteiger partial charge is 0.137 e. The van der Waals surface area contributed by atoms with E-state index in [0.717, 1.165) is 4.90 Å². The molecule has 62 valence electrons. The minimum atomic E-state index is 0.532. The van der Waals surface area contributed by atoms with E-state index in [2.05, 4.69) is 12.6 Å². The standard InChI is InChI=1S/C9H9NOS/c1-2-11-9-4-3-8(12)5-7(9)6-10/h3-5,12H,2H2,1H3. The zero-order valence-corrected chi connectivity index (χ0v) is 7.64. The van der Waals surface area contributed by atoms with Gasteiger partial charge in [-0.1, -0.05) is 0 Å². The highest BCUT2D eigenvalue weighted by molar-refractivity contribution is 7.80. The van der Waals surface area contributed by atoms with Crippen molar-refractivity contribution in [2.24, 2.45) is 0 Å². The van der Waals surface area contributed by atoms with E-state index in [1.54, 1.807) is 18.2 Å². The van der Waals surface area contributed by atoms with Crippen molar-refractivity contribution in [1.29, 1.82) is 5.26 Å². The van der Waals surface area contributed by atoms with Crippen LogP contribution in [0.1, 0.15) is 12.5 Å². The predicted molar refractivity (Wildman–Crippen MR) is 49.6 cm³/mol. The Balaban J connectivity index is 3.05. The molecule has 0 heterocycles. The lowest BCUT2D eigenvalue weighted by atomic mass is 10.2. The number of ether oxygens (including phenoxy) is 1. The van der Waals surface area contributed by atoms with E-state index >= 15 is 0 Å². The first-order valence-corrected chi connectivity index (χ1v) is 4.08. The molecule has 0 fully saturated rings. The Morgan fingerprint density at radius 2 is 2.33 bits per heavy atom. The first-order valence-electron chi connectivity index (χ1n) is 3.64. The van der Waals surface area contributed by atoms with Crippen molar-refractivity contribution in [3.63, 3.8) is 0 Å². The number of nitrogens with zero attached hydrogens (tertiary/aromatic N) is 1. The van der Waals surface area contributed by atoms with Crippen LogP contribution in [0.5, 0.6) is 5.75 Å². The second-order valence-electron chi connectivity index (χ2n) is 2.23. The van der Waals surface area contributed by atoms with Crippen LogP contribution in [0, 0.1) is 11.3 Å². The molecular weight excluding hydrogens is 170 g/mol. The predicted octanol–water partition coefficient (Wildman–Crippen LogP) is 2.25. The van der Waals surface area contributed by atoms with Crippen LogP contribution in [0.15, 0.2) is 23.1 Å². The van der Waals surface area contributed by atoms with Gasteiger partial charge < -0.3 is 4.74 Å². The second kappa shape index (κ2) is 4.03. The van der Waals surface area contributed by atoms with Gasteiger partial charge in [-0.05, 0) is 25.1 Å². The van der Waals surface area contributed by atoms with Gasteiger partial charge in [0.15, 0.2) is 0 Å². The molecule has 0 saturated heterocycles. The summed E-state index contributed by atoms with van der Waals surface area (Å²) in [7, 11) is 0. The van der Waals surface area contributed by atoms with Crippen molar-refractivity contribution >= 4 is 12.6 Å². The van der Waals surface area contributed by atoms with Gasteiger partial charge in [0.05, 0.1) is 12.2 Å². The summed E-state index contributed by atoms with van der Waals surface area (Å²) in [6.45, 7) is 2.45. The summed E-state index contributed by atoms with van der Waals surface area (Å²) < 4.78 is 5.23. The fourth-order valence-electron chi connectivity index (χ4n) is 0.887. The zero-order valence-electron chi connectivity index (χ0n) is 6.74. The molecule has 0 aliphatic rings. The maximum atomic E-state index is 8.71. The van der Waals surface area contributed by atoms with Crippen LogP contribution in [-0.2, 0) is 0 Å². The van der Waals surface area contributed by atoms with E-state index in [4.69, 9.17) is 10.00 Å². The van der Waals surface area contributed by atoms with Gasteiger partial charge in [0, 0.05) is 4.90 Å². The van der Waals surface area contributed by atoms with E-state index in [1.807, 2.05) is 13.0 Å². The third-order valence-corrected chi connectivity index (χ3v) is 1.66. The Labute approximate surface area is 77.2 Å². The monoisotopic (exact) mass is 179 g/mol. The lowest BCUT2D eigenvalue weighted by Crippen LogP contribution is -1.93. The molecule has 0 aromatic heterocycles. The first-order chi connectivity index (χ1) is 5.77. The Morgan fingerprint density at radius 3 is 2.92 bits per heavy atom. The molecule has 0 radical (unpaired) electrons. The summed E-state index contributed by atoms with van der Waals surface area (Å²) in [5.74, 6) is 0.623. The summed E-state index contributed by atoms with van der Waals surface area (Å²) in [5, 5.41) is 8.71. The van der Waals surface area contributed by atoms with Gasteiger partial charge in [0.25, 0.3) is 0 Å². The van der Waals surface area contributed by atoms with Crippen LogP contribution in [0.3, 0.4) is 0 Å². The average Bonchev–Trinajstić information content (AvgIpc) is 2.08. The lowest BCUT2D eigenvalue weighted by molar-refractivity contribution is 0.339. The van der Waals surface area contributed by atoms with Crippen molar-refractivity contribution in [1.82, 2.24) is 0 Å². The highest BCUT2D eigenvalue weighted by Crippen LogP contribution is 2.20. The maximum Gasteiger partial charge on any atom is 0.137 e. The molecule has 0 bridgehead atoms. The van der Waals surface area contributed by atoms with Crippen LogP contribution in [0.4, 0.5) is 0 Å². The van der Waals surface area contributed by atoms with E-state index < -0.39 is 0 Å². The second-order valence-corrected chi connectivity index (χ2v) is 2.74. The normalized spacial score (nSPS) is 9.08. The van der Waals surface area contributed by atoms with Gasteiger partial charge in [0.1, 0.15) is 11.8 Å². The van der Waals surface area contributed by atoms with Gasteiger partial charge in [-0.3, -0.25) is 0 Å². The van der Waals surface area contributed by atoms with E-state index in [1.165, 1.54) is 0 Å². The molecule has 1 aromatic rings. The molecule has 0 spiro atoms. The summed E-state index contributed by atoms with van der Waals surface area (Å²) in [4.78, 5) is 0.773. The topological polar surface area (TPSA) is 33.0 Å². The maximum absolute atomic E-state index is 8.71.